The predicted molar refractivity (Wildman–Crippen MR) is 121 cm³/mol. The van der Waals surface area contributed by atoms with Crippen molar-refractivity contribution in [2.24, 2.45) is 0 Å². The fourth-order valence-corrected chi connectivity index (χ4v) is 4.13. The lowest BCUT2D eigenvalue weighted by Crippen LogP contribution is -2.41. The summed E-state index contributed by atoms with van der Waals surface area (Å²) < 4.78 is 4.98. The van der Waals surface area contributed by atoms with E-state index in [4.69, 9.17) is 4.74 Å². The van der Waals surface area contributed by atoms with Gasteiger partial charge in [0.25, 0.3) is 5.91 Å². The Balaban J connectivity index is 1.68. The van der Waals surface area contributed by atoms with Crippen LogP contribution in [0.4, 0.5) is 11.4 Å². The SMILES string of the molecule is COc1ccc(C(=O)C[C@@]2(O)C(=O)N(Cc3ccccc3C)c3ccccc32)cc1[N+](=O)[O-]. The molecule has 0 unspecified atom stereocenters. The molecule has 0 saturated heterocycles. The number of ether oxygens (including phenoxy) is 1. The van der Waals surface area contributed by atoms with Crippen LogP contribution in [0.25, 0.3) is 0 Å². The van der Waals surface area contributed by atoms with E-state index >= 15 is 0 Å². The number of carbonyl (C=O) groups excluding carboxylic acids is 2. The minimum Gasteiger partial charge on any atom is -0.490 e. The zero-order valence-electron chi connectivity index (χ0n) is 18.1. The van der Waals surface area contributed by atoms with Crippen molar-refractivity contribution in [2.45, 2.75) is 25.5 Å². The third-order valence-electron chi connectivity index (χ3n) is 5.94. The number of amides is 1. The highest BCUT2D eigenvalue weighted by atomic mass is 16.6. The molecule has 33 heavy (non-hydrogen) atoms. The van der Waals surface area contributed by atoms with Gasteiger partial charge in [-0.2, -0.15) is 0 Å². The molecule has 3 aromatic carbocycles. The number of benzene rings is 3. The number of hydrogen-bond donors (Lipinski definition) is 1. The van der Waals surface area contributed by atoms with E-state index in [2.05, 4.69) is 0 Å². The first-order valence-corrected chi connectivity index (χ1v) is 10.3. The third kappa shape index (κ3) is 3.85. The summed E-state index contributed by atoms with van der Waals surface area (Å²) in [5.41, 5.74) is 0.349. The molecular weight excluding hydrogens is 424 g/mol. The minimum atomic E-state index is -2.08. The molecule has 0 saturated carbocycles. The van der Waals surface area contributed by atoms with Gasteiger partial charge in [0.05, 0.1) is 30.7 Å². The van der Waals surface area contributed by atoms with Crippen molar-refractivity contribution in [3.8, 4) is 5.75 Å². The largest absolute Gasteiger partial charge is 0.490 e. The van der Waals surface area contributed by atoms with E-state index in [1.54, 1.807) is 24.3 Å². The summed E-state index contributed by atoms with van der Waals surface area (Å²) >= 11 is 0. The van der Waals surface area contributed by atoms with Crippen molar-refractivity contribution < 1.29 is 24.4 Å². The van der Waals surface area contributed by atoms with Crippen LogP contribution in [-0.4, -0.2) is 28.8 Å². The molecule has 8 heteroatoms. The lowest BCUT2D eigenvalue weighted by atomic mass is 9.88. The van der Waals surface area contributed by atoms with Crippen LogP contribution in [0.1, 0.15) is 33.5 Å². The Bertz CT molecular complexity index is 1270. The molecule has 4 rings (SSSR count). The number of anilines is 1. The molecule has 1 N–H and O–H groups in total. The standard InChI is InChI=1S/C25H22N2O6/c1-16-7-3-4-8-18(16)15-26-20-10-6-5-9-19(20)25(30,24(26)29)14-22(28)17-11-12-23(33-2)21(13-17)27(31)32/h3-13,30H,14-15H2,1-2H3/t25-/m0/s1. The number of nitro benzene ring substituents is 1. The first-order valence-electron chi connectivity index (χ1n) is 10.3. The number of aliphatic hydroxyl groups is 1. The summed E-state index contributed by atoms with van der Waals surface area (Å²) in [5.74, 6) is -1.19. The highest BCUT2D eigenvalue weighted by Gasteiger charge is 2.50. The molecule has 0 spiro atoms. The molecule has 168 valence electrons. The van der Waals surface area contributed by atoms with E-state index in [-0.39, 0.29) is 23.5 Å². The van der Waals surface area contributed by atoms with Gasteiger partial charge in [-0.3, -0.25) is 19.7 Å². The first kappa shape index (κ1) is 22.2. The van der Waals surface area contributed by atoms with E-state index < -0.39 is 28.6 Å². The molecule has 1 atom stereocenters. The van der Waals surface area contributed by atoms with Crippen LogP contribution in [0.15, 0.2) is 66.7 Å². The number of carbonyl (C=O) groups is 2. The number of nitrogens with zero attached hydrogens (tertiary/aromatic N) is 2. The molecule has 0 bridgehead atoms. The van der Waals surface area contributed by atoms with Crippen molar-refractivity contribution in [3.63, 3.8) is 0 Å². The first-order chi connectivity index (χ1) is 15.8. The molecule has 1 amide bonds. The Morgan fingerprint density at radius 1 is 1.12 bits per heavy atom. The van der Waals surface area contributed by atoms with Gasteiger partial charge in [-0.05, 0) is 36.2 Å². The van der Waals surface area contributed by atoms with Crippen LogP contribution >= 0.6 is 0 Å². The van der Waals surface area contributed by atoms with Crippen LogP contribution in [0, 0.1) is 17.0 Å². The number of rotatable bonds is 7. The number of methoxy groups -OCH3 is 1. The Labute approximate surface area is 190 Å². The topological polar surface area (TPSA) is 110 Å². The minimum absolute atomic E-state index is 0.0126. The summed E-state index contributed by atoms with van der Waals surface area (Å²) in [4.78, 5) is 38.7. The van der Waals surface area contributed by atoms with Gasteiger partial charge in [-0.25, -0.2) is 0 Å². The van der Waals surface area contributed by atoms with Crippen molar-refractivity contribution >= 4 is 23.1 Å². The molecule has 3 aromatic rings. The second kappa shape index (κ2) is 8.48. The number of hydrogen-bond acceptors (Lipinski definition) is 6. The molecule has 1 aliphatic heterocycles. The Kier molecular flexibility index (Phi) is 5.69. The molecule has 0 radical (unpaired) electrons. The Morgan fingerprint density at radius 2 is 1.82 bits per heavy atom. The summed E-state index contributed by atoms with van der Waals surface area (Å²) in [6.07, 6.45) is -0.545. The van der Waals surface area contributed by atoms with Gasteiger partial charge in [0.15, 0.2) is 17.1 Å². The average molecular weight is 446 g/mol. The quantitative estimate of drug-likeness (QED) is 0.335. The molecule has 1 heterocycles. The van der Waals surface area contributed by atoms with Gasteiger partial charge < -0.3 is 14.7 Å². The number of aryl methyl sites for hydroxylation is 1. The van der Waals surface area contributed by atoms with E-state index in [1.165, 1.54) is 24.1 Å². The Hall–Kier alpha value is -4.04. The van der Waals surface area contributed by atoms with Gasteiger partial charge >= 0.3 is 5.69 Å². The number of Topliss-reactive ketones (excluding diaryl/α,β-unsaturated/α-hetero) is 1. The zero-order chi connectivity index (χ0) is 23.8. The van der Waals surface area contributed by atoms with Crippen molar-refractivity contribution in [1.29, 1.82) is 0 Å². The summed E-state index contributed by atoms with van der Waals surface area (Å²) in [6.45, 7) is 2.18. The maximum atomic E-state index is 13.4. The maximum absolute atomic E-state index is 13.4. The number of para-hydroxylation sites is 1. The van der Waals surface area contributed by atoms with Crippen molar-refractivity contribution in [1.82, 2.24) is 0 Å². The fraction of sp³-hybridized carbons (Fsp3) is 0.200. The highest BCUT2D eigenvalue weighted by molar-refractivity contribution is 6.10. The summed E-state index contributed by atoms with van der Waals surface area (Å²) in [6, 6.07) is 18.2. The number of ketones is 1. The fourth-order valence-electron chi connectivity index (χ4n) is 4.13. The highest BCUT2D eigenvalue weighted by Crippen LogP contribution is 2.44. The molecule has 1 aliphatic rings. The van der Waals surface area contributed by atoms with E-state index in [1.807, 2.05) is 31.2 Å². The lowest BCUT2D eigenvalue weighted by Gasteiger charge is -2.23. The number of fused-ring (bicyclic) bond motifs is 1. The maximum Gasteiger partial charge on any atom is 0.311 e. The van der Waals surface area contributed by atoms with Crippen molar-refractivity contribution in [3.05, 3.63) is 99.1 Å². The van der Waals surface area contributed by atoms with Crippen LogP contribution in [0.2, 0.25) is 0 Å². The molecular formula is C25H22N2O6. The van der Waals surface area contributed by atoms with Gasteiger partial charge in [-0.1, -0.05) is 42.5 Å². The van der Waals surface area contributed by atoms with Gasteiger partial charge in [-0.15, -0.1) is 0 Å². The monoisotopic (exact) mass is 446 g/mol. The summed E-state index contributed by atoms with van der Waals surface area (Å²) in [5, 5.41) is 22.8. The van der Waals surface area contributed by atoms with Crippen molar-refractivity contribution in [2.75, 3.05) is 12.0 Å². The molecule has 0 aliphatic carbocycles. The molecule has 8 nitrogen and oxygen atoms in total. The van der Waals surface area contributed by atoms with Crippen LogP contribution in [0.3, 0.4) is 0 Å². The second-order valence-electron chi connectivity index (χ2n) is 7.94. The summed E-state index contributed by atoms with van der Waals surface area (Å²) in [7, 11) is 1.30. The van der Waals surface area contributed by atoms with Gasteiger partial charge in [0, 0.05) is 17.2 Å². The van der Waals surface area contributed by atoms with E-state index in [0.717, 1.165) is 17.2 Å². The molecule has 0 fully saturated rings. The average Bonchev–Trinajstić information content (AvgIpc) is 3.01. The normalized spacial score (nSPS) is 17.1. The lowest BCUT2D eigenvalue weighted by molar-refractivity contribution is -0.385. The smallest absolute Gasteiger partial charge is 0.311 e. The zero-order valence-corrected chi connectivity index (χ0v) is 18.1. The van der Waals surface area contributed by atoms with Crippen LogP contribution in [0.5, 0.6) is 5.75 Å². The van der Waals surface area contributed by atoms with Crippen LogP contribution in [-0.2, 0) is 16.9 Å². The molecule has 0 aromatic heterocycles. The van der Waals surface area contributed by atoms with E-state index in [9.17, 15) is 24.8 Å². The second-order valence-corrected chi connectivity index (χ2v) is 7.94. The Morgan fingerprint density at radius 3 is 2.52 bits per heavy atom. The van der Waals surface area contributed by atoms with Gasteiger partial charge in [0.2, 0.25) is 0 Å². The van der Waals surface area contributed by atoms with Crippen LogP contribution < -0.4 is 9.64 Å². The van der Waals surface area contributed by atoms with E-state index in [0.29, 0.717) is 11.3 Å². The predicted octanol–water partition coefficient (Wildman–Crippen LogP) is 3.92. The number of nitro groups is 1. The third-order valence-corrected chi connectivity index (χ3v) is 5.94. The van der Waals surface area contributed by atoms with Gasteiger partial charge in [0.1, 0.15) is 0 Å².